The van der Waals surface area contributed by atoms with Gasteiger partial charge in [0.05, 0.1) is 11.8 Å². The number of hydrogen-bond acceptors (Lipinski definition) is 3. The molecule has 3 nitrogen and oxygen atoms in total. The lowest BCUT2D eigenvalue weighted by Gasteiger charge is -2.27. The molecule has 11 heteroatoms. The second-order valence-electron chi connectivity index (χ2n) is 3.28. The van der Waals surface area contributed by atoms with Gasteiger partial charge in [-0.15, -0.1) is 0 Å². The zero-order chi connectivity index (χ0) is 14.8. The molecule has 0 heterocycles. The van der Waals surface area contributed by atoms with Gasteiger partial charge in [0.25, 0.3) is 0 Å². The second kappa shape index (κ2) is 4.91. The van der Waals surface area contributed by atoms with Crippen molar-refractivity contribution in [2.45, 2.75) is 24.4 Å². The molecule has 0 aromatic carbocycles. The molecule has 0 saturated carbocycles. The lowest BCUT2D eigenvalue weighted by Crippen LogP contribution is -2.52. The van der Waals surface area contributed by atoms with Gasteiger partial charge in [0.2, 0.25) is 0 Å². The highest BCUT2D eigenvalue weighted by atomic mass is 32.2. The quantitative estimate of drug-likeness (QED) is 0.731. The summed E-state index contributed by atoms with van der Waals surface area (Å²) in [6.45, 7) is 0. The third-order valence-corrected chi connectivity index (χ3v) is 3.22. The summed E-state index contributed by atoms with van der Waals surface area (Å²) in [6.07, 6.45) is -8.71. The molecule has 0 rings (SSSR count). The van der Waals surface area contributed by atoms with Gasteiger partial charge >= 0.3 is 18.0 Å². The van der Waals surface area contributed by atoms with Gasteiger partial charge in [-0.1, -0.05) is 0 Å². The van der Waals surface area contributed by atoms with E-state index < -0.39 is 45.8 Å². The molecule has 0 amide bonds. The van der Waals surface area contributed by atoms with Gasteiger partial charge in [-0.25, -0.2) is 8.42 Å². The standard InChI is InChI=1S/C7H6F7NO2S/c8-5(9,6(10,11)7(12,13)14)1-3-18(16,17)4-2-15/h1,3-4H2. The lowest BCUT2D eigenvalue weighted by molar-refractivity contribution is -0.354. The zero-order valence-corrected chi connectivity index (χ0v) is 9.26. The Labute approximate surface area is 97.1 Å². The van der Waals surface area contributed by atoms with Crippen LogP contribution in [0.25, 0.3) is 0 Å². The highest BCUT2D eigenvalue weighted by Gasteiger charge is 2.72. The first-order valence-electron chi connectivity index (χ1n) is 4.16. The monoisotopic (exact) mass is 301 g/mol. The van der Waals surface area contributed by atoms with Crippen molar-refractivity contribution in [3.05, 3.63) is 0 Å². The average Bonchev–Trinajstić information content (AvgIpc) is 2.13. The molecule has 18 heavy (non-hydrogen) atoms. The maximum Gasteiger partial charge on any atom is 0.459 e. The molecule has 0 aliphatic rings. The molecule has 0 bridgehead atoms. The van der Waals surface area contributed by atoms with Crippen LogP contribution in [0.15, 0.2) is 0 Å². The minimum absolute atomic E-state index is 1.07. The number of sulfone groups is 1. The normalized spacial score (nSPS) is 14.3. The Balaban J connectivity index is 4.95. The first kappa shape index (κ1) is 16.9. The summed E-state index contributed by atoms with van der Waals surface area (Å²) in [5, 5.41) is 7.98. The van der Waals surface area contributed by atoms with Crippen molar-refractivity contribution in [3.63, 3.8) is 0 Å². The minimum atomic E-state index is -6.49. The van der Waals surface area contributed by atoms with E-state index in [-0.39, 0.29) is 0 Å². The van der Waals surface area contributed by atoms with Crippen LogP contribution < -0.4 is 0 Å². The van der Waals surface area contributed by atoms with Gasteiger partial charge < -0.3 is 0 Å². The fourth-order valence-corrected chi connectivity index (χ4v) is 1.73. The van der Waals surface area contributed by atoms with Gasteiger partial charge in [-0.3, -0.25) is 0 Å². The van der Waals surface area contributed by atoms with E-state index in [1.807, 2.05) is 0 Å². The molecule has 0 aromatic rings. The SMILES string of the molecule is N#CCS(=O)(=O)CCC(F)(F)C(F)(F)C(F)(F)F. The van der Waals surface area contributed by atoms with Gasteiger partial charge in [-0.2, -0.15) is 36.0 Å². The summed E-state index contributed by atoms with van der Waals surface area (Å²) >= 11 is 0. The first-order chi connectivity index (χ1) is 7.77. The molecule has 0 unspecified atom stereocenters. The summed E-state index contributed by atoms with van der Waals surface area (Å²) < 4.78 is 107. The highest BCUT2D eigenvalue weighted by Crippen LogP contribution is 2.48. The van der Waals surface area contributed by atoms with Crippen LogP contribution in [0.5, 0.6) is 0 Å². The number of hydrogen-bond donors (Lipinski definition) is 0. The molecule has 0 radical (unpaired) electrons. The minimum Gasteiger partial charge on any atom is -0.228 e. The largest absolute Gasteiger partial charge is 0.459 e. The average molecular weight is 301 g/mol. The van der Waals surface area contributed by atoms with Crippen molar-refractivity contribution in [3.8, 4) is 6.07 Å². The molecular formula is C7H6F7NO2S. The van der Waals surface area contributed by atoms with Crippen LogP contribution in [-0.2, 0) is 9.84 Å². The maximum absolute atomic E-state index is 12.7. The van der Waals surface area contributed by atoms with Crippen molar-refractivity contribution < 1.29 is 39.2 Å². The van der Waals surface area contributed by atoms with Gasteiger partial charge in [-0.05, 0) is 0 Å². The predicted molar refractivity (Wildman–Crippen MR) is 44.8 cm³/mol. The molecule has 0 atom stereocenters. The van der Waals surface area contributed by atoms with E-state index in [1.54, 1.807) is 0 Å². The Kier molecular flexibility index (Phi) is 4.62. The van der Waals surface area contributed by atoms with Crippen LogP contribution in [0.1, 0.15) is 6.42 Å². The predicted octanol–water partition coefficient (Wildman–Crippen LogP) is 2.15. The molecule has 0 aromatic heterocycles. The van der Waals surface area contributed by atoms with E-state index in [0.29, 0.717) is 0 Å². The summed E-state index contributed by atoms with van der Waals surface area (Å²) in [6, 6.07) is 1.07. The van der Waals surface area contributed by atoms with E-state index in [9.17, 15) is 39.2 Å². The van der Waals surface area contributed by atoms with Crippen LogP contribution in [0, 0.1) is 11.3 Å². The molecule has 0 aliphatic heterocycles. The molecule has 0 fully saturated rings. The molecule has 0 spiro atoms. The van der Waals surface area contributed by atoms with Gasteiger partial charge in [0.1, 0.15) is 5.75 Å². The van der Waals surface area contributed by atoms with Crippen molar-refractivity contribution in [2.24, 2.45) is 0 Å². The Hall–Kier alpha value is -1.05. The number of alkyl halides is 7. The molecule has 0 N–H and O–H groups in total. The molecular weight excluding hydrogens is 295 g/mol. The fraction of sp³-hybridized carbons (Fsp3) is 0.857. The van der Waals surface area contributed by atoms with Crippen LogP contribution in [0.3, 0.4) is 0 Å². The van der Waals surface area contributed by atoms with E-state index >= 15 is 0 Å². The number of rotatable bonds is 5. The molecule has 0 saturated heterocycles. The third kappa shape index (κ3) is 3.72. The van der Waals surface area contributed by atoms with Crippen LogP contribution >= 0.6 is 0 Å². The van der Waals surface area contributed by atoms with Crippen molar-refractivity contribution in [2.75, 3.05) is 11.5 Å². The fourth-order valence-electron chi connectivity index (χ4n) is 0.819. The number of nitrogens with zero attached hydrogens (tertiary/aromatic N) is 1. The van der Waals surface area contributed by atoms with Crippen molar-refractivity contribution in [1.82, 2.24) is 0 Å². The van der Waals surface area contributed by atoms with Gasteiger partial charge in [0, 0.05) is 6.42 Å². The van der Waals surface area contributed by atoms with Crippen LogP contribution in [0.4, 0.5) is 30.7 Å². The summed E-state index contributed by atoms with van der Waals surface area (Å²) in [4.78, 5) is 0. The van der Waals surface area contributed by atoms with Crippen molar-refractivity contribution >= 4 is 9.84 Å². The summed E-state index contributed by atoms with van der Waals surface area (Å²) in [5.74, 6) is -14.8. The van der Waals surface area contributed by atoms with Gasteiger partial charge in [0.15, 0.2) is 9.84 Å². The smallest absolute Gasteiger partial charge is 0.228 e. The zero-order valence-electron chi connectivity index (χ0n) is 8.44. The number of halogens is 7. The Bertz CT molecular complexity index is 434. The van der Waals surface area contributed by atoms with E-state index in [0.717, 1.165) is 6.07 Å². The molecule has 106 valence electrons. The van der Waals surface area contributed by atoms with Crippen molar-refractivity contribution in [1.29, 1.82) is 5.26 Å². The van der Waals surface area contributed by atoms with E-state index in [4.69, 9.17) is 5.26 Å². The van der Waals surface area contributed by atoms with E-state index in [1.165, 1.54) is 0 Å². The van der Waals surface area contributed by atoms with Crippen LogP contribution in [-0.4, -0.2) is 37.9 Å². The summed E-state index contributed by atoms with van der Waals surface area (Å²) in [5.41, 5.74) is 0. The Morgan fingerprint density at radius 2 is 1.44 bits per heavy atom. The molecule has 0 aliphatic carbocycles. The number of nitriles is 1. The second-order valence-corrected chi connectivity index (χ2v) is 5.46. The van der Waals surface area contributed by atoms with Crippen LogP contribution in [0.2, 0.25) is 0 Å². The Morgan fingerprint density at radius 3 is 1.78 bits per heavy atom. The Morgan fingerprint density at radius 1 is 1.00 bits per heavy atom. The first-order valence-corrected chi connectivity index (χ1v) is 5.99. The maximum atomic E-state index is 12.7. The van der Waals surface area contributed by atoms with E-state index in [2.05, 4.69) is 0 Å². The third-order valence-electron chi connectivity index (χ3n) is 1.83. The lowest BCUT2D eigenvalue weighted by atomic mass is 10.1. The highest BCUT2D eigenvalue weighted by molar-refractivity contribution is 7.91. The summed E-state index contributed by atoms with van der Waals surface area (Å²) in [7, 11) is -4.41. The topological polar surface area (TPSA) is 57.9 Å².